The maximum atomic E-state index is 12.5. The Morgan fingerprint density at radius 1 is 1.15 bits per heavy atom. The Morgan fingerprint density at radius 3 is 2.70 bits per heavy atom. The summed E-state index contributed by atoms with van der Waals surface area (Å²) in [6.45, 7) is 2.90. The van der Waals surface area contributed by atoms with E-state index in [2.05, 4.69) is 44.6 Å². The van der Waals surface area contributed by atoms with Crippen LogP contribution in [-0.4, -0.2) is 46.3 Å². The van der Waals surface area contributed by atoms with Crippen molar-refractivity contribution in [2.24, 2.45) is 5.92 Å². The second-order valence-electron chi connectivity index (χ2n) is 8.02. The minimum absolute atomic E-state index is 0.0616. The molecule has 2 aromatic carbocycles. The highest BCUT2D eigenvalue weighted by atomic mass is 35.5. The number of nitrogens with one attached hydrogen (secondary N) is 1. The zero-order chi connectivity index (χ0) is 23.0. The Morgan fingerprint density at radius 2 is 1.94 bits per heavy atom. The van der Waals surface area contributed by atoms with Crippen LogP contribution in [0.5, 0.6) is 0 Å². The van der Waals surface area contributed by atoms with Gasteiger partial charge in [0.15, 0.2) is 0 Å². The van der Waals surface area contributed by atoms with Gasteiger partial charge < -0.3 is 9.84 Å². The number of carbonyl (C=O) groups is 1. The minimum atomic E-state index is 0.0616. The molecule has 1 saturated heterocycles. The Bertz CT molecular complexity index is 1060. The third-order valence-electron chi connectivity index (χ3n) is 5.61. The molecular weight excluding hydrogens is 479 g/mol. The second kappa shape index (κ2) is 11.9. The molecule has 1 aliphatic rings. The summed E-state index contributed by atoms with van der Waals surface area (Å²) in [4.78, 5) is 19.2. The predicted molar refractivity (Wildman–Crippen MR) is 133 cm³/mol. The summed E-state index contributed by atoms with van der Waals surface area (Å²) in [5, 5.41) is 8.19. The molecule has 6 nitrogen and oxygen atoms in total. The van der Waals surface area contributed by atoms with E-state index >= 15 is 0 Å². The molecule has 174 valence electrons. The molecule has 1 aliphatic heterocycles. The average Bonchev–Trinajstić information content (AvgIpc) is 3.28. The Hall–Kier alpha value is -2.06. The summed E-state index contributed by atoms with van der Waals surface area (Å²) in [6.07, 6.45) is 1.65. The van der Waals surface area contributed by atoms with Gasteiger partial charge in [-0.1, -0.05) is 58.7 Å². The number of hydrogen-bond acceptors (Lipinski definition) is 6. The zero-order valence-corrected chi connectivity index (χ0v) is 20.5. The van der Waals surface area contributed by atoms with E-state index < -0.39 is 0 Å². The SMILES string of the molecule is O=C(NCCSCc1ccccc1)C1CCN(Cc2nc(-c3ccc(Cl)cc3Cl)no2)CC1. The van der Waals surface area contributed by atoms with E-state index in [0.29, 0.717) is 40.4 Å². The van der Waals surface area contributed by atoms with Crippen molar-refractivity contribution < 1.29 is 9.32 Å². The molecule has 0 saturated carbocycles. The molecular formula is C24H26Cl2N4O2S. The second-order valence-corrected chi connectivity index (χ2v) is 9.96. The van der Waals surface area contributed by atoms with Crippen molar-refractivity contribution in [2.75, 3.05) is 25.4 Å². The smallest absolute Gasteiger partial charge is 0.241 e. The van der Waals surface area contributed by atoms with Gasteiger partial charge in [-0.2, -0.15) is 16.7 Å². The van der Waals surface area contributed by atoms with Crippen LogP contribution < -0.4 is 5.32 Å². The molecule has 0 radical (unpaired) electrons. The van der Waals surface area contributed by atoms with E-state index in [0.717, 1.165) is 37.4 Å². The Labute approximate surface area is 208 Å². The summed E-state index contributed by atoms with van der Waals surface area (Å²) in [6, 6.07) is 15.6. The number of benzene rings is 2. The Kier molecular flexibility index (Phi) is 8.67. The maximum Gasteiger partial charge on any atom is 0.241 e. The molecule has 2 heterocycles. The number of thioether (sulfide) groups is 1. The first-order chi connectivity index (χ1) is 16.1. The third kappa shape index (κ3) is 6.96. The monoisotopic (exact) mass is 504 g/mol. The molecule has 0 unspecified atom stereocenters. The molecule has 1 amide bonds. The first-order valence-corrected chi connectivity index (χ1v) is 12.9. The van der Waals surface area contributed by atoms with Crippen molar-refractivity contribution in [3.63, 3.8) is 0 Å². The van der Waals surface area contributed by atoms with Crippen molar-refractivity contribution in [1.29, 1.82) is 0 Å². The van der Waals surface area contributed by atoms with E-state index in [1.165, 1.54) is 5.56 Å². The van der Waals surface area contributed by atoms with Gasteiger partial charge in [-0.25, -0.2) is 0 Å². The molecule has 1 fully saturated rings. The lowest BCUT2D eigenvalue weighted by molar-refractivity contribution is -0.126. The van der Waals surface area contributed by atoms with Crippen LogP contribution in [0.3, 0.4) is 0 Å². The molecule has 4 rings (SSSR count). The predicted octanol–water partition coefficient (Wildman–Crippen LogP) is 5.31. The topological polar surface area (TPSA) is 71.3 Å². The molecule has 0 atom stereocenters. The van der Waals surface area contributed by atoms with Crippen molar-refractivity contribution >= 4 is 40.9 Å². The van der Waals surface area contributed by atoms with Crippen LogP contribution in [0.4, 0.5) is 0 Å². The van der Waals surface area contributed by atoms with Crippen LogP contribution in [-0.2, 0) is 17.1 Å². The summed E-state index contributed by atoms with van der Waals surface area (Å²) in [7, 11) is 0. The van der Waals surface area contributed by atoms with E-state index in [4.69, 9.17) is 27.7 Å². The molecule has 9 heteroatoms. The largest absolute Gasteiger partial charge is 0.355 e. The van der Waals surface area contributed by atoms with Crippen molar-refractivity contribution in [1.82, 2.24) is 20.4 Å². The van der Waals surface area contributed by atoms with Gasteiger partial charge in [-0.3, -0.25) is 9.69 Å². The van der Waals surface area contributed by atoms with Crippen molar-refractivity contribution in [3.8, 4) is 11.4 Å². The summed E-state index contributed by atoms with van der Waals surface area (Å²) in [5.74, 6) is 3.09. The normalized spacial score (nSPS) is 15.0. The number of piperidine rings is 1. The lowest BCUT2D eigenvalue weighted by Crippen LogP contribution is -2.40. The summed E-state index contributed by atoms with van der Waals surface area (Å²) in [5.41, 5.74) is 2.00. The number of hydrogen-bond donors (Lipinski definition) is 1. The van der Waals surface area contributed by atoms with Crippen LogP contribution >= 0.6 is 35.0 Å². The van der Waals surface area contributed by atoms with Gasteiger partial charge in [0, 0.05) is 34.6 Å². The number of halogens is 2. The molecule has 0 bridgehead atoms. The van der Waals surface area contributed by atoms with Crippen LogP contribution in [0.2, 0.25) is 10.0 Å². The van der Waals surface area contributed by atoms with Gasteiger partial charge in [0.2, 0.25) is 17.6 Å². The zero-order valence-electron chi connectivity index (χ0n) is 18.2. The number of aromatic nitrogens is 2. The average molecular weight is 505 g/mol. The van der Waals surface area contributed by atoms with Gasteiger partial charge in [0.05, 0.1) is 11.6 Å². The van der Waals surface area contributed by atoms with Gasteiger partial charge in [-0.05, 0) is 49.7 Å². The fourth-order valence-corrected chi connectivity index (χ4v) is 5.11. The first kappa shape index (κ1) is 24.1. The molecule has 1 aromatic heterocycles. The quantitative estimate of drug-likeness (QED) is 0.398. The lowest BCUT2D eigenvalue weighted by atomic mass is 9.96. The number of nitrogens with zero attached hydrogens (tertiary/aromatic N) is 3. The van der Waals surface area contributed by atoms with E-state index in [1.807, 2.05) is 17.8 Å². The number of amides is 1. The van der Waals surface area contributed by atoms with Gasteiger partial charge >= 0.3 is 0 Å². The Balaban J connectivity index is 1.16. The number of rotatable bonds is 9. The highest BCUT2D eigenvalue weighted by molar-refractivity contribution is 7.98. The molecule has 3 aromatic rings. The van der Waals surface area contributed by atoms with Gasteiger partial charge in [0.1, 0.15) is 0 Å². The van der Waals surface area contributed by atoms with Gasteiger partial charge in [0.25, 0.3) is 0 Å². The molecule has 0 spiro atoms. The first-order valence-electron chi connectivity index (χ1n) is 11.0. The summed E-state index contributed by atoms with van der Waals surface area (Å²) < 4.78 is 5.41. The van der Waals surface area contributed by atoms with E-state index in [1.54, 1.807) is 18.2 Å². The fraction of sp³-hybridized carbons (Fsp3) is 0.375. The summed E-state index contributed by atoms with van der Waals surface area (Å²) >= 11 is 14.0. The maximum absolute atomic E-state index is 12.5. The van der Waals surface area contributed by atoms with Crippen LogP contribution in [0.1, 0.15) is 24.3 Å². The standard InChI is InChI=1S/C24H26Cl2N4O2S/c25-19-6-7-20(21(26)14-19)23-28-22(32-29-23)15-30-11-8-18(9-12-30)24(31)27-10-13-33-16-17-4-2-1-3-5-17/h1-7,14,18H,8-13,15-16H2,(H,27,31). The minimum Gasteiger partial charge on any atom is -0.355 e. The third-order valence-corrected chi connectivity index (χ3v) is 7.19. The lowest BCUT2D eigenvalue weighted by Gasteiger charge is -2.30. The highest BCUT2D eigenvalue weighted by Crippen LogP contribution is 2.28. The highest BCUT2D eigenvalue weighted by Gasteiger charge is 2.26. The molecule has 1 N–H and O–H groups in total. The van der Waals surface area contributed by atoms with Crippen molar-refractivity contribution in [2.45, 2.75) is 25.1 Å². The molecule has 0 aliphatic carbocycles. The van der Waals surface area contributed by atoms with E-state index in [-0.39, 0.29) is 11.8 Å². The molecule has 33 heavy (non-hydrogen) atoms. The van der Waals surface area contributed by atoms with Gasteiger partial charge in [-0.15, -0.1) is 0 Å². The van der Waals surface area contributed by atoms with Crippen molar-refractivity contribution in [3.05, 3.63) is 70.0 Å². The van der Waals surface area contributed by atoms with Crippen LogP contribution in [0.25, 0.3) is 11.4 Å². The fourth-order valence-electron chi connectivity index (χ4n) is 3.80. The number of carbonyl (C=O) groups excluding carboxylic acids is 1. The van der Waals surface area contributed by atoms with E-state index in [9.17, 15) is 4.79 Å². The van der Waals surface area contributed by atoms with Crippen LogP contribution in [0.15, 0.2) is 53.1 Å². The number of likely N-dealkylation sites (tertiary alicyclic amines) is 1. The van der Waals surface area contributed by atoms with Crippen LogP contribution in [0, 0.1) is 5.92 Å².